The van der Waals surface area contributed by atoms with E-state index in [1.807, 2.05) is 0 Å². The minimum absolute atomic E-state index is 0.686. The highest BCUT2D eigenvalue weighted by atomic mass is 79.9. The van der Waals surface area contributed by atoms with Crippen LogP contribution in [0.5, 0.6) is 0 Å². The van der Waals surface area contributed by atoms with Crippen LogP contribution in [0.3, 0.4) is 0 Å². The van der Waals surface area contributed by atoms with E-state index in [9.17, 15) is 0 Å². The standard InChI is InChI=1S/C14H21BrN2/c1-11-3-4-12(9-14(11)15)10-16-13-5-7-17(2)8-6-13/h3-4,9,13,16H,5-8,10H2,1-2H3. The monoisotopic (exact) mass is 296 g/mol. The van der Waals surface area contributed by atoms with Crippen molar-refractivity contribution in [2.24, 2.45) is 0 Å². The van der Waals surface area contributed by atoms with E-state index < -0.39 is 0 Å². The van der Waals surface area contributed by atoms with Crippen LogP contribution in [0.1, 0.15) is 24.0 Å². The van der Waals surface area contributed by atoms with Gasteiger partial charge in [0, 0.05) is 17.1 Å². The molecule has 2 nitrogen and oxygen atoms in total. The minimum atomic E-state index is 0.686. The summed E-state index contributed by atoms with van der Waals surface area (Å²) in [5.74, 6) is 0. The Morgan fingerprint density at radius 1 is 1.35 bits per heavy atom. The van der Waals surface area contributed by atoms with Crippen LogP contribution in [-0.4, -0.2) is 31.1 Å². The first-order chi connectivity index (χ1) is 8.15. The molecule has 3 heteroatoms. The van der Waals surface area contributed by atoms with Gasteiger partial charge < -0.3 is 10.2 Å². The molecule has 0 atom stereocenters. The molecule has 0 saturated carbocycles. The summed E-state index contributed by atoms with van der Waals surface area (Å²) in [6, 6.07) is 7.29. The lowest BCUT2D eigenvalue weighted by Crippen LogP contribution is -2.40. The number of hydrogen-bond donors (Lipinski definition) is 1. The Labute approximate surface area is 113 Å². The van der Waals surface area contributed by atoms with Gasteiger partial charge in [-0.3, -0.25) is 0 Å². The number of rotatable bonds is 3. The van der Waals surface area contributed by atoms with Gasteiger partial charge in [0.15, 0.2) is 0 Å². The Bertz CT molecular complexity index is 370. The first-order valence-electron chi connectivity index (χ1n) is 6.32. The van der Waals surface area contributed by atoms with Gasteiger partial charge in [0.2, 0.25) is 0 Å². The second-order valence-corrected chi connectivity index (χ2v) is 5.90. The van der Waals surface area contributed by atoms with Gasteiger partial charge in [0.25, 0.3) is 0 Å². The van der Waals surface area contributed by atoms with Crippen LogP contribution in [0.2, 0.25) is 0 Å². The predicted octanol–water partition coefficient (Wildman–Crippen LogP) is 2.94. The Morgan fingerprint density at radius 2 is 2.06 bits per heavy atom. The zero-order chi connectivity index (χ0) is 12.3. The molecule has 0 aliphatic carbocycles. The average molecular weight is 297 g/mol. The largest absolute Gasteiger partial charge is 0.310 e. The zero-order valence-corrected chi connectivity index (χ0v) is 12.3. The predicted molar refractivity (Wildman–Crippen MR) is 76.2 cm³/mol. The number of hydrogen-bond acceptors (Lipinski definition) is 2. The second kappa shape index (κ2) is 5.98. The van der Waals surface area contributed by atoms with Gasteiger partial charge in [-0.2, -0.15) is 0 Å². The van der Waals surface area contributed by atoms with Crippen LogP contribution < -0.4 is 5.32 Å². The summed E-state index contributed by atoms with van der Waals surface area (Å²) >= 11 is 3.59. The highest BCUT2D eigenvalue weighted by Crippen LogP contribution is 2.18. The van der Waals surface area contributed by atoms with E-state index in [-0.39, 0.29) is 0 Å². The Morgan fingerprint density at radius 3 is 2.71 bits per heavy atom. The molecule has 1 fully saturated rings. The zero-order valence-electron chi connectivity index (χ0n) is 10.7. The number of piperidine rings is 1. The maximum Gasteiger partial charge on any atom is 0.0208 e. The lowest BCUT2D eigenvalue weighted by Gasteiger charge is -2.29. The Kier molecular flexibility index (Phi) is 4.60. The van der Waals surface area contributed by atoms with E-state index in [2.05, 4.69) is 58.3 Å². The van der Waals surface area contributed by atoms with Gasteiger partial charge in [-0.05, 0) is 57.1 Å². The summed E-state index contributed by atoms with van der Waals surface area (Å²) in [5, 5.41) is 3.66. The third-order valence-corrected chi connectivity index (χ3v) is 4.40. The van der Waals surface area contributed by atoms with Crippen molar-refractivity contribution in [3.8, 4) is 0 Å². The third kappa shape index (κ3) is 3.80. The smallest absolute Gasteiger partial charge is 0.0208 e. The molecule has 17 heavy (non-hydrogen) atoms. The fraction of sp³-hybridized carbons (Fsp3) is 0.571. The lowest BCUT2D eigenvalue weighted by molar-refractivity contribution is 0.234. The lowest BCUT2D eigenvalue weighted by atomic mass is 10.0. The van der Waals surface area contributed by atoms with E-state index in [4.69, 9.17) is 0 Å². The van der Waals surface area contributed by atoms with Crippen molar-refractivity contribution < 1.29 is 0 Å². The van der Waals surface area contributed by atoms with Crippen molar-refractivity contribution in [2.75, 3.05) is 20.1 Å². The van der Waals surface area contributed by atoms with Crippen LogP contribution in [0, 0.1) is 6.92 Å². The summed E-state index contributed by atoms with van der Waals surface area (Å²) in [7, 11) is 2.20. The molecule has 0 spiro atoms. The van der Waals surface area contributed by atoms with E-state index >= 15 is 0 Å². The molecule has 0 radical (unpaired) electrons. The molecule has 1 saturated heterocycles. The van der Waals surface area contributed by atoms with Crippen molar-refractivity contribution in [3.05, 3.63) is 33.8 Å². The van der Waals surface area contributed by atoms with Crippen LogP contribution in [0.25, 0.3) is 0 Å². The number of aryl methyl sites for hydroxylation is 1. The number of benzene rings is 1. The number of nitrogens with one attached hydrogen (secondary N) is 1. The molecule has 0 aromatic heterocycles. The molecule has 0 bridgehead atoms. The molecule has 0 amide bonds. The van der Waals surface area contributed by atoms with Crippen molar-refractivity contribution in [2.45, 2.75) is 32.4 Å². The summed E-state index contributed by atoms with van der Waals surface area (Å²) in [6.07, 6.45) is 2.53. The number of likely N-dealkylation sites (tertiary alicyclic amines) is 1. The molecule has 0 unspecified atom stereocenters. The minimum Gasteiger partial charge on any atom is -0.310 e. The molecule has 1 aromatic rings. The van der Waals surface area contributed by atoms with Crippen molar-refractivity contribution in [3.63, 3.8) is 0 Å². The van der Waals surface area contributed by atoms with Crippen molar-refractivity contribution in [1.29, 1.82) is 0 Å². The summed E-state index contributed by atoms with van der Waals surface area (Å²) in [5.41, 5.74) is 2.66. The number of nitrogens with zero attached hydrogens (tertiary/aromatic N) is 1. The third-order valence-electron chi connectivity index (χ3n) is 3.55. The second-order valence-electron chi connectivity index (χ2n) is 5.04. The van der Waals surface area contributed by atoms with Gasteiger partial charge >= 0.3 is 0 Å². The highest BCUT2D eigenvalue weighted by Gasteiger charge is 2.15. The van der Waals surface area contributed by atoms with Gasteiger partial charge in [-0.25, -0.2) is 0 Å². The SMILES string of the molecule is Cc1ccc(CNC2CCN(C)CC2)cc1Br. The van der Waals surface area contributed by atoms with Crippen molar-refractivity contribution in [1.82, 2.24) is 10.2 Å². The summed E-state index contributed by atoms with van der Waals surface area (Å²) in [4.78, 5) is 2.40. The number of halogens is 1. The molecule has 1 heterocycles. The molecule has 1 aliphatic rings. The van der Waals surface area contributed by atoms with Gasteiger partial charge in [0.05, 0.1) is 0 Å². The van der Waals surface area contributed by atoms with Gasteiger partial charge in [-0.15, -0.1) is 0 Å². The highest BCUT2D eigenvalue weighted by molar-refractivity contribution is 9.10. The van der Waals surface area contributed by atoms with E-state index in [1.54, 1.807) is 0 Å². The van der Waals surface area contributed by atoms with Crippen LogP contribution in [0.4, 0.5) is 0 Å². The van der Waals surface area contributed by atoms with E-state index in [0.717, 1.165) is 6.54 Å². The summed E-state index contributed by atoms with van der Waals surface area (Å²) < 4.78 is 1.21. The maximum absolute atomic E-state index is 3.66. The average Bonchev–Trinajstić information content (AvgIpc) is 2.33. The van der Waals surface area contributed by atoms with Gasteiger partial charge in [-0.1, -0.05) is 28.1 Å². The van der Waals surface area contributed by atoms with Crippen molar-refractivity contribution >= 4 is 15.9 Å². The summed E-state index contributed by atoms with van der Waals surface area (Å²) in [6.45, 7) is 5.54. The normalized spacial score (nSPS) is 18.5. The van der Waals surface area contributed by atoms with Crippen LogP contribution in [-0.2, 0) is 6.54 Å². The maximum atomic E-state index is 3.66. The fourth-order valence-corrected chi connectivity index (χ4v) is 2.65. The molecule has 94 valence electrons. The molecule has 2 rings (SSSR count). The fourth-order valence-electron chi connectivity index (χ4n) is 2.22. The van der Waals surface area contributed by atoms with E-state index in [1.165, 1.54) is 41.5 Å². The Balaban J connectivity index is 1.83. The molecule has 1 aliphatic heterocycles. The van der Waals surface area contributed by atoms with Crippen LogP contribution in [0.15, 0.2) is 22.7 Å². The Hall–Kier alpha value is -0.380. The van der Waals surface area contributed by atoms with E-state index in [0.29, 0.717) is 6.04 Å². The first-order valence-corrected chi connectivity index (χ1v) is 7.11. The topological polar surface area (TPSA) is 15.3 Å². The first kappa shape index (κ1) is 13.1. The van der Waals surface area contributed by atoms with Crippen LogP contribution >= 0.6 is 15.9 Å². The molecule has 1 N–H and O–H groups in total. The molecular formula is C14H21BrN2. The molecular weight excluding hydrogens is 276 g/mol. The quantitative estimate of drug-likeness (QED) is 0.923. The molecule has 1 aromatic carbocycles. The van der Waals surface area contributed by atoms with Gasteiger partial charge in [0.1, 0.15) is 0 Å².